The Kier molecular flexibility index (Phi) is 5.75. The van der Waals surface area contributed by atoms with Gasteiger partial charge in [-0.05, 0) is 32.4 Å². The number of hydrogen-bond acceptors (Lipinski definition) is 4. The first-order valence-corrected chi connectivity index (χ1v) is 7.96. The van der Waals surface area contributed by atoms with E-state index in [1.807, 2.05) is 31.2 Å². The summed E-state index contributed by atoms with van der Waals surface area (Å²) in [5, 5.41) is 14.6. The van der Waals surface area contributed by atoms with Gasteiger partial charge in [-0.15, -0.1) is 0 Å². The predicted molar refractivity (Wildman–Crippen MR) is 87.7 cm³/mol. The van der Waals surface area contributed by atoms with Crippen molar-refractivity contribution < 1.29 is 9.63 Å². The van der Waals surface area contributed by atoms with Crippen molar-refractivity contribution in [3.05, 3.63) is 52.4 Å². The number of aliphatic hydroxyl groups excluding tert-OH is 1. The Morgan fingerprint density at radius 3 is 2.45 bits per heavy atom. The van der Waals surface area contributed by atoms with E-state index in [2.05, 4.69) is 30.8 Å². The fourth-order valence-electron chi connectivity index (χ4n) is 2.59. The number of aliphatic hydroxyl groups is 1. The van der Waals surface area contributed by atoms with Gasteiger partial charge in [-0.2, -0.15) is 0 Å². The summed E-state index contributed by atoms with van der Waals surface area (Å²) in [6.45, 7) is 10.4. The van der Waals surface area contributed by atoms with E-state index in [9.17, 15) is 5.11 Å². The largest absolute Gasteiger partial charge is 0.387 e. The summed E-state index contributed by atoms with van der Waals surface area (Å²) in [4.78, 5) is 2.23. The highest BCUT2D eigenvalue weighted by molar-refractivity contribution is 5.24. The van der Waals surface area contributed by atoms with Crippen LogP contribution in [-0.4, -0.2) is 28.3 Å². The van der Waals surface area contributed by atoms with Gasteiger partial charge in [0.15, 0.2) is 0 Å². The molecule has 1 atom stereocenters. The molecule has 0 saturated carbocycles. The van der Waals surface area contributed by atoms with Crippen LogP contribution in [0.25, 0.3) is 0 Å². The highest BCUT2D eigenvalue weighted by atomic mass is 16.5. The van der Waals surface area contributed by atoms with Crippen molar-refractivity contribution in [3.8, 4) is 0 Å². The van der Waals surface area contributed by atoms with Crippen LogP contribution < -0.4 is 0 Å². The van der Waals surface area contributed by atoms with Crippen LogP contribution in [0.2, 0.25) is 0 Å². The second-order valence-corrected chi connectivity index (χ2v) is 5.77. The van der Waals surface area contributed by atoms with Gasteiger partial charge in [0, 0.05) is 18.7 Å². The van der Waals surface area contributed by atoms with Crippen LogP contribution in [0.4, 0.5) is 0 Å². The van der Waals surface area contributed by atoms with E-state index in [1.165, 1.54) is 5.56 Å². The molecule has 1 aromatic heterocycles. The van der Waals surface area contributed by atoms with Gasteiger partial charge in [0.2, 0.25) is 0 Å². The van der Waals surface area contributed by atoms with E-state index >= 15 is 0 Å². The quantitative estimate of drug-likeness (QED) is 0.851. The third-order valence-electron chi connectivity index (χ3n) is 4.12. The minimum atomic E-state index is -0.481. The number of nitrogens with zero attached hydrogens (tertiary/aromatic N) is 2. The zero-order chi connectivity index (χ0) is 16.1. The lowest BCUT2D eigenvalue weighted by Crippen LogP contribution is -2.28. The number of likely N-dealkylation sites (N-methyl/N-ethyl adjacent to an activating group) is 1. The lowest BCUT2D eigenvalue weighted by molar-refractivity contribution is 0.112. The zero-order valence-electron chi connectivity index (χ0n) is 14.0. The van der Waals surface area contributed by atoms with Gasteiger partial charge in [0.1, 0.15) is 5.76 Å². The molecule has 0 aliphatic heterocycles. The molecule has 0 spiro atoms. The number of rotatable bonds is 7. The Morgan fingerprint density at radius 1 is 1.18 bits per heavy atom. The lowest BCUT2D eigenvalue weighted by Gasteiger charge is -2.24. The molecule has 0 aliphatic carbocycles. The fraction of sp³-hybridized carbons (Fsp3) is 0.500. The molecule has 2 rings (SSSR count). The molecule has 22 heavy (non-hydrogen) atoms. The Morgan fingerprint density at radius 2 is 1.86 bits per heavy atom. The summed E-state index contributed by atoms with van der Waals surface area (Å²) in [6.07, 6.45) is 0.385. The topological polar surface area (TPSA) is 49.5 Å². The van der Waals surface area contributed by atoms with Gasteiger partial charge in [-0.25, -0.2) is 0 Å². The normalized spacial score (nSPS) is 12.8. The fourth-order valence-corrected chi connectivity index (χ4v) is 2.59. The van der Waals surface area contributed by atoms with Crippen LogP contribution in [0.5, 0.6) is 0 Å². The summed E-state index contributed by atoms with van der Waals surface area (Å²) in [5.41, 5.74) is 4.33. The first kappa shape index (κ1) is 16.7. The summed E-state index contributed by atoms with van der Waals surface area (Å²) in [6, 6.07) is 8.06. The third-order valence-corrected chi connectivity index (χ3v) is 4.12. The van der Waals surface area contributed by atoms with Gasteiger partial charge >= 0.3 is 0 Å². The minimum Gasteiger partial charge on any atom is -0.387 e. The van der Waals surface area contributed by atoms with E-state index in [4.69, 9.17) is 4.52 Å². The standard InChI is InChI=1S/C18H26N2O2/c1-5-17-16(14(4)22-19-17)11-20(6-2)12-18(21)15-9-7-13(3)8-10-15/h7-10,18,21H,5-6,11-12H2,1-4H3. The molecule has 0 saturated heterocycles. The third kappa shape index (κ3) is 3.96. The highest BCUT2D eigenvalue weighted by Gasteiger charge is 2.17. The molecule has 2 aromatic rings. The molecule has 1 aromatic carbocycles. The second kappa shape index (κ2) is 7.56. The molecule has 0 fully saturated rings. The van der Waals surface area contributed by atoms with Crippen LogP contribution >= 0.6 is 0 Å². The summed E-state index contributed by atoms with van der Waals surface area (Å²) in [7, 11) is 0. The van der Waals surface area contributed by atoms with Crippen LogP contribution in [0.3, 0.4) is 0 Å². The van der Waals surface area contributed by atoms with Crippen molar-refractivity contribution in [1.29, 1.82) is 0 Å². The van der Waals surface area contributed by atoms with Gasteiger partial charge < -0.3 is 9.63 Å². The van der Waals surface area contributed by atoms with Gasteiger partial charge in [0.05, 0.1) is 11.8 Å². The average molecular weight is 302 g/mol. The maximum atomic E-state index is 10.5. The average Bonchev–Trinajstić information content (AvgIpc) is 2.87. The van der Waals surface area contributed by atoms with Crippen LogP contribution in [0, 0.1) is 13.8 Å². The zero-order valence-corrected chi connectivity index (χ0v) is 14.0. The molecule has 0 amide bonds. The van der Waals surface area contributed by atoms with Crippen LogP contribution in [0.1, 0.15) is 48.1 Å². The molecule has 1 heterocycles. The molecule has 4 nitrogen and oxygen atoms in total. The molecule has 4 heteroatoms. The Bertz CT molecular complexity index is 590. The minimum absolute atomic E-state index is 0.481. The molecular formula is C18H26N2O2. The van der Waals surface area contributed by atoms with E-state index in [-0.39, 0.29) is 0 Å². The van der Waals surface area contributed by atoms with E-state index in [0.717, 1.165) is 42.1 Å². The van der Waals surface area contributed by atoms with E-state index in [1.54, 1.807) is 0 Å². The second-order valence-electron chi connectivity index (χ2n) is 5.77. The van der Waals surface area contributed by atoms with Gasteiger partial charge in [0.25, 0.3) is 0 Å². The Hall–Kier alpha value is -1.65. The van der Waals surface area contributed by atoms with Crippen molar-refractivity contribution in [3.63, 3.8) is 0 Å². The van der Waals surface area contributed by atoms with Crippen LogP contribution in [0.15, 0.2) is 28.8 Å². The number of aromatic nitrogens is 1. The molecular weight excluding hydrogens is 276 g/mol. The van der Waals surface area contributed by atoms with Crippen LogP contribution in [-0.2, 0) is 13.0 Å². The Balaban J connectivity index is 2.05. The number of hydrogen-bond donors (Lipinski definition) is 1. The van der Waals surface area contributed by atoms with Crippen molar-refractivity contribution in [1.82, 2.24) is 10.1 Å². The molecule has 0 aliphatic rings. The SMILES string of the molecule is CCc1noc(C)c1CN(CC)CC(O)c1ccc(C)cc1. The first-order chi connectivity index (χ1) is 10.5. The van der Waals surface area contributed by atoms with Crippen molar-refractivity contribution in [2.45, 2.75) is 46.8 Å². The summed E-state index contributed by atoms with van der Waals surface area (Å²) < 4.78 is 5.30. The molecule has 1 unspecified atom stereocenters. The van der Waals surface area contributed by atoms with Crippen molar-refractivity contribution in [2.75, 3.05) is 13.1 Å². The highest BCUT2D eigenvalue weighted by Crippen LogP contribution is 2.20. The number of benzene rings is 1. The van der Waals surface area contributed by atoms with Crippen molar-refractivity contribution >= 4 is 0 Å². The Labute approximate surface area is 132 Å². The maximum Gasteiger partial charge on any atom is 0.138 e. The first-order valence-electron chi connectivity index (χ1n) is 7.96. The molecule has 0 bridgehead atoms. The monoisotopic (exact) mass is 302 g/mol. The molecule has 0 radical (unpaired) electrons. The molecule has 120 valence electrons. The number of aryl methyl sites for hydroxylation is 3. The van der Waals surface area contributed by atoms with E-state index in [0.29, 0.717) is 6.54 Å². The van der Waals surface area contributed by atoms with E-state index < -0.39 is 6.10 Å². The maximum absolute atomic E-state index is 10.5. The van der Waals surface area contributed by atoms with Crippen molar-refractivity contribution in [2.24, 2.45) is 0 Å². The smallest absolute Gasteiger partial charge is 0.138 e. The summed E-state index contributed by atoms with van der Waals surface area (Å²) in [5.74, 6) is 0.875. The van der Waals surface area contributed by atoms with Gasteiger partial charge in [-0.1, -0.05) is 48.8 Å². The lowest BCUT2D eigenvalue weighted by atomic mass is 10.1. The van der Waals surface area contributed by atoms with Gasteiger partial charge in [-0.3, -0.25) is 4.90 Å². The predicted octanol–water partition coefficient (Wildman–Crippen LogP) is 3.41. The molecule has 1 N–H and O–H groups in total. The summed E-state index contributed by atoms with van der Waals surface area (Å²) >= 11 is 0.